The number of rotatable bonds is 8. The van der Waals surface area contributed by atoms with Gasteiger partial charge in [-0.1, -0.05) is 53.7 Å². The molecule has 0 saturated heterocycles. The van der Waals surface area contributed by atoms with E-state index >= 15 is 0 Å². The van der Waals surface area contributed by atoms with E-state index in [1.807, 2.05) is 66.3 Å². The van der Waals surface area contributed by atoms with Crippen molar-refractivity contribution >= 4 is 40.6 Å². The highest BCUT2D eigenvalue weighted by atomic mass is 35.5. The van der Waals surface area contributed by atoms with E-state index in [4.69, 9.17) is 11.6 Å². The van der Waals surface area contributed by atoms with Gasteiger partial charge >= 0.3 is 0 Å². The number of para-hydroxylation sites is 1. The molecule has 0 unspecified atom stereocenters. The minimum Gasteiger partial charge on any atom is -0.338 e. The Morgan fingerprint density at radius 1 is 1.09 bits per heavy atom. The summed E-state index contributed by atoms with van der Waals surface area (Å²) in [6.45, 7) is 7.34. The number of thioether (sulfide) groups is 1. The zero-order valence-corrected chi connectivity index (χ0v) is 21.0. The van der Waals surface area contributed by atoms with Crippen molar-refractivity contribution in [3.63, 3.8) is 0 Å². The van der Waals surface area contributed by atoms with Gasteiger partial charge in [0, 0.05) is 24.0 Å². The second kappa shape index (κ2) is 10.5. The largest absolute Gasteiger partial charge is 0.338 e. The zero-order valence-electron chi connectivity index (χ0n) is 18.7. The summed E-state index contributed by atoms with van der Waals surface area (Å²) in [5, 5.41) is 13.0. The van der Waals surface area contributed by atoms with Crippen molar-refractivity contribution in [2.45, 2.75) is 31.7 Å². The molecule has 0 fully saturated rings. The number of benzene rings is 2. The van der Waals surface area contributed by atoms with Crippen molar-refractivity contribution < 1.29 is 4.79 Å². The lowest BCUT2D eigenvalue weighted by Gasteiger charge is -2.16. The van der Waals surface area contributed by atoms with E-state index in [2.05, 4.69) is 28.2 Å². The molecular weight excluding hydrogens is 474 g/mol. The smallest absolute Gasteiger partial charge is 0.273 e. The number of halogens is 1. The van der Waals surface area contributed by atoms with Gasteiger partial charge in [0.15, 0.2) is 11.0 Å². The Bertz CT molecular complexity index is 1270. The first-order valence-corrected chi connectivity index (χ1v) is 12.9. The maximum absolute atomic E-state index is 12.6. The van der Waals surface area contributed by atoms with E-state index in [9.17, 15) is 4.79 Å². The van der Waals surface area contributed by atoms with Gasteiger partial charge < -0.3 is 4.90 Å². The van der Waals surface area contributed by atoms with Crippen LogP contribution in [0.15, 0.2) is 59.1 Å². The predicted octanol–water partition coefficient (Wildman–Crippen LogP) is 6.13. The van der Waals surface area contributed by atoms with Crippen molar-refractivity contribution in [2.75, 3.05) is 13.1 Å². The second-order valence-electron chi connectivity index (χ2n) is 7.30. The molecule has 0 aliphatic rings. The average molecular weight is 498 g/mol. The maximum atomic E-state index is 12.6. The molecule has 4 rings (SSSR count). The monoisotopic (exact) mass is 497 g/mol. The third-order valence-electron chi connectivity index (χ3n) is 5.25. The van der Waals surface area contributed by atoms with Gasteiger partial charge in [-0.15, -0.1) is 21.5 Å². The van der Waals surface area contributed by atoms with E-state index in [-0.39, 0.29) is 5.91 Å². The Labute approximate surface area is 206 Å². The lowest BCUT2D eigenvalue weighted by Crippen LogP contribution is -2.30. The highest BCUT2D eigenvalue weighted by molar-refractivity contribution is 7.98. The van der Waals surface area contributed by atoms with Crippen LogP contribution in [0, 0.1) is 6.92 Å². The van der Waals surface area contributed by atoms with Crippen LogP contribution >= 0.6 is 34.7 Å². The number of aromatic nitrogens is 4. The van der Waals surface area contributed by atoms with Crippen molar-refractivity contribution in [3.8, 4) is 17.1 Å². The Kier molecular flexibility index (Phi) is 7.47. The van der Waals surface area contributed by atoms with Crippen LogP contribution < -0.4 is 0 Å². The van der Waals surface area contributed by atoms with Crippen molar-refractivity contribution in [1.29, 1.82) is 0 Å². The number of nitrogens with zero attached hydrogens (tertiary/aromatic N) is 5. The fraction of sp³-hybridized carbons (Fsp3) is 0.250. The number of amides is 1. The van der Waals surface area contributed by atoms with Crippen molar-refractivity contribution in [1.82, 2.24) is 24.6 Å². The van der Waals surface area contributed by atoms with Gasteiger partial charge in [0.05, 0.1) is 16.5 Å². The molecular formula is C24H24ClN5OS2. The quantitative estimate of drug-likeness (QED) is 0.274. The summed E-state index contributed by atoms with van der Waals surface area (Å²) in [7, 11) is 0. The van der Waals surface area contributed by atoms with Crippen LogP contribution in [-0.2, 0) is 5.75 Å². The van der Waals surface area contributed by atoms with E-state index in [0.29, 0.717) is 35.4 Å². The van der Waals surface area contributed by atoms with E-state index < -0.39 is 0 Å². The lowest BCUT2D eigenvalue weighted by atomic mass is 10.1. The third-order valence-corrected chi connectivity index (χ3v) is 7.55. The van der Waals surface area contributed by atoms with Crippen LogP contribution in [0.3, 0.4) is 0 Å². The number of thiazole rings is 1. The van der Waals surface area contributed by atoms with E-state index in [1.165, 1.54) is 23.1 Å². The first-order valence-electron chi connectivity index (χ1n) is 10.7. The van der Waals surface area contributed by atoms with Gasteiger partial charge in [-0.05, 0) is 44.5 Å². The molecule has 33 heavy (non-hydrogen) atoms. The topological polar surface area (TPSA) is 63.9 Å². The molecule has 0 radical (unpaired) electrons. The molecule has 170 valence electrons. The summed E-state index contributed by atoms with van der Waals surface area (Å²) >= 11 is 9.52. The Morgan fingerprint density at radius 2 is 1.82 bits per heavy atom. The number of carbonyl (C=O) groups excluding carboxylic acids is 1. The maximum Gasteiger partial charge on any atom is 0.273 e. The van der Waals surface area contributed by atoms with E-state index in [0.717, 1.165) is 27.0 Å². The molecule has 0 aliphatic carbocycles. The molecule has 0 N–H and O–H groups in total. The standard InChI is InChI=1S/C24H24ClN5OS2/c1-4-29(5-2)23(31)19-14-32-21(26-19)15-33-24-28-27-22(17-11-7-8-12-18(17)25)30(24)20-13-9-6-10-16(20)3/h6-14H,4-5,15H2,1-3H3. The SMILES string of the molecule is CCN(CC)C(=O)c1csc(CSc2nnc(-c3ccccc3Cl)n2-c2ccccc2C)n1. The highest BCUT2D eigenvalue weighted by Crippen LogP contribution is 2.34. The third kappa shape index (κ3) is 4.98. The Hall–Kier alpha value is -2.68. The Morgan fingerprint density at radius 3 is 2.55 bits per heavy atom. The van der Waals surface area contributed by atoms with Crippen molar-refractivity contribution in [2.24, 2.45) is 0 Å². The van der Waals surface area contributed by atoms with E-state index in [1.54, 1.807) is 4.90 Å². The summed E-state index contributed by atoms with van der Waals surface area (Å²) in [5.74, 6) is 1.24. The fourth-order valence-electron chi connectivity index (χ4n) is 3.49. The minimum atomic E-state index is -0.0309. The van der Waals surface area contributed by atoms with Crippen LogP contribution in [-0.4, -0.2) is 43.6 Å². The molecule has 0 aliphatic heterocycles. The summed E-state index contributed by atoms with van der Waals surface area (Å²) in [6.07, 6.45) is 0. The van der Waals surface area contributed by atoms with Gasteiger partial charge in [0.25, 0.3) is 5.91 Å². The molecule has 0 spiro atoms. The summed E-state index contributed by atoms with van der Waals surface area (Å²) < 4.78 is 2.04. The van der Waals surface area contributed by atoms with Crippen LogP contribution in [0.1, 0.15) is 34.9 Å². The number of hydrogen-bond acceptors (Lipinski definition) is 6. The average Bonchev–Trinajstić information content (AvgIpc) is 3.46. The minimum absolute atomic E-state index is 0.0309. The predicted molar refractivity (Wildman–Crippen MR) is 135 cm³/mol. The van der Waals surface area contributed by atoms with Gasteiger partial charge in [0.2, 0.25) is 0 Å². The molecule has 4 aromatic rings. The molecule has 2 aromatic heterocycles. The highest BCUT2D eigenvalue weighted by Gasteiger charge is 2.20. The number of aryl methyl sites for hydroxylation is 1. The van der Waals surface area contributed by atoms with Crippen LogP contribution in [0.2, 0.25) is 5.02 Å². The van der Waals surface area contributed by atoms with Crippen LogP contribution in [0.4, 0.5) is 0 Å². The fourth-order valence-corrected chi connectivity index (χ4v) is 5.44. The summed E-state index contributed by atoms with van der Waals surface area (Å²) in [4.78, 5) is 18.9. The molecule has 2 aromatic carbocycles. The molecule has 1 amide bonds. The van der Waals surface area contributed by atoms with Gasteiger partial charge in [0.1, 0.15) is 10.7 Å². The van der Waals surface area contributed by atoms with Gasteiger partial charge in [-0.3, -0.25) is 9.36 Å². The second-order valence-corrected chi connectivity index (χ2v) is 9.59. The molecule has 0 saturated carbocycles. The number of carbonyl (C=O) groups is 1. The summed E-state index contributed by atoms with van der Waals surface area (Å²) in [6, 6.07) is 15.8. The van der Waals surface area contributed by atoms with Gasteiger partial charge in [-0.2, -0.15) is 0 Å². The van der Waals surface area contributed by atoms with Crippen molar-refractivity contribution in [3.05, 3.63) is 75.2 Å². The van der Waals surface area contributed by atoms with Crippen LogP contribution in [0.25, 0.3) is 17.1 Å². The molecule has 6 nitrogen and oxygen atoms in total. The summed E-state index contributed by atoms with van der Waals surface area (Å²) in [5.41, 5.74) is 3.42. The molecule has 0 bridgehead atoms. The van der Waals surface area contributed by atoms with Crippen LogP contribution in [0.5, 0.6) is 0 Å². The normalized spacial score (nSPS) is 11.0. The van der Waals surface area contributed by atoms with Gasteiger partial charge in [-0.25, -0.2) is 4.98 Å². The zero-order chi connectivity index (χ0) is 23.4. The Balaban J connectivity index is 1.65. The molecule has 0 atom stereocenters. The first kappa shape index (κ1) is 23.5. The first-order chi connectivity index (χ1) is 16.0. The molecule has 9 heteroatoms. The number of hydrogen-bond donors (Lipinski definition) is 0. The lowest BCUT2D eigenvalue weighted by molar-refractivity contribution is 0.0768. The molecule has 2 heterocycles.